The predicted octanol–water partition coefficient (Wildman–Crippen LogP) is 3.92. The molecule has 0 aliphatic rings. The summed E-state index contributed by atoms with van der Waals surface area (Å²) in [5.41, 5.74) is 7.58. The third kappa shape index (κ3) is 3.15. The number of anilines is 1. The lowest BCUT2D eigenvalue weighted by Crippen LogP contribution is -2.06. The molecule has 2 aromatic rings. The van der Waals surface area contributed by atoms with Crippen molar-refractivity contribution >= 4 is 46.5 Å². The van der Waals surface area contributed by atoms with Crippen LogP contribution in [0, 0.1) is 0 Å². The van der Waals surface area contributed by atoms with Crippen LogP contribution in [-0.4, -0.2) is 16.1 Å². The molecule has 0 fully saturated rings. The molecule has 1 aromatic carbocycles. The van der Waals surface area contributed by atoms with Gasteiger partial charge >= 0.3 is 5.97 Å². The van der Waals surface area contributed by atoms with Crippen LogP contribution < -0.4 is 5.73 Å². The summed E-state index contributed by atoms with van der Waals surface area (Å²) in [6.07, 6.45) is 1.25. The van der Waals surface area contributed by atoms with Crippen molar-refractivity contribution in [3.8, 4) is 11.1 Å². The second-order valence-corrected chi connectivity index (χ2v) is 5.30. The number of hydrogen-bond acceptors (Lipinski definition) is 3. The summed E-state index contributed by atoms with van der Waals surface area (Å²) in [7, 11) is 0. The number of nitrogens with zero attached hydrogens (tertiary/aromatic N) is 1. The topological polar surface area (TPSA) is 76.2 Å². The van der Waals surface area contributed by atoms with E-state index < -0.39 is 5.97 Å². The highest BCUT2D eigenvalue weighted by molar-refractivity contribution is 6.45. The van der Waals surface area contributed by atoms with Crippen molar-refractivity contribution in [1.29, 1.82) is 0 Å². The molecule has 0 aliphatic carbocycles. The average Bonchev–Trinajstić information content (AvgIpc) is 2.36. The molecule has 0 spiro atoms. The Hall–Kier alpha value is -1.49. The standard InChI is InChI=1S/C13H9Cl3N2O2/c14-7-2-8(13(16)9(15)3-7)6-1-10(17)11(18-5-6)4-12(19)20/h1-3,5H,4,17H2,(H,19,20). The Labute approximate surface area is 130 Å². The van der Waals surface area contributed by atoms with Gasteiger partial charge in [-0.25, -0.2) is 0 Å². The number of carbonyl (C=O) groups is 1. The van der Waals surface area contributed by atoms with Crippen molar-refractivity contribution in [2.75, 3.05) is 5.73 Å². The van der Waals surface area contributed by atoms with E-state index in [1.165, 1.54) is 12.3 Å². The van der Waals surface area contributed by atoms with Gasteiger partial charge in [0.2, 0.25) is 0 Å². The summed E-state index contributed by atoms with van der Waals surface area (Å²) in [5.74, 6) is -0.999. The van der Waals surface area contributed by atoms with Gasteiger partial charge in [-0.05, 0) is 18.2 Å². The van der Waals surface area contributed by atoms with Gasteiger partial charge in [-0.2, -0.15) is 0 Å². The Bertz CT molecular complexity index is 690. The van der Waals surface area contributed by atoms with Crippen molar-refractivity contribution in [3.05, 3.63) is 45.2 Å². The Morgan fingerprint density at radius 1 is 1.25 bits per heavy atom. The number of benzene rings is 1. The van der Waals surface area contributed by atoms with Crippen molar-refractivity contribution in [2.24, 2.45) is 0 Å². The van der Waals surface area contributed by atoms with Gasteiger partial charge in [0.25, 0.3) is 0 Å². The number of halogens is 3. The van der Waals surface area contributed by atoms with E-state index in [1.807, 2.05) is 0 Å². The van der Waals surface area contributed by atoms with Crippen molar-refractivity contribution < 1.29 is 9.90 Å². The zero-order chi connectivity index (χ0) is 14.9. The van der Waals surface area contributed by atoms with Gasteiger partial charge in [0.05, 0.1) is 27.8 Å². The number of aromatic nitrogens is 1. The fourth-order valence-electron chi connectivity index (χ4n) is 1.71. The summed E-state index contributed by atoms with van der Waals surface area (Å²) >= 11 is 18.0. The maximum absolute atomic E-state index is 10.7. The van der Waals surface area contributed by atoms with Crippen LogP contribution in [0.3, 0.4) is 0 Å². The smallest absolute Gasteiger partial charge is 0.309 e. The molecule has 4 nitrogen and oxygen atoms in total. The molecule has 1 aromatic heterocycles. The van der Waals surface area contributed by atoms with E-state index in [0.29, 0.717) is 31.9 Å². The largest absolute Gasteiger partial charge is 0.481 e. The number of carboxylic acid groups (broad SMARTS) is 1. The third-order valence-corrected chi connectivity index (χ3v) is 3.65. The lowest BCUT2D eigenvalue weighted by atomic mass is 10.1. The van der Waals surface area contributed by atoms with Crippen LogP contribution in [0.5, 0.6) is 0 Å². The van der Waals surface area contributed by atoms with Crippen molar-refractivity contribution in [1.82, 2.24) is 4.98 Å². The van der Waals surface area contributed by atoms with Crippen LogP contribution in [0.25, 0.3) is 11.1 Å². The molecule has 20 heavy (non-hydrogen) atoms. The molecule has 0 saturated carbocycles. The van der Waals surface area contributed by atoms with E-state index in [9.17, 15) is 4.79 Å². The SMILES string of the molecule is Nc1cc(-c2cc(Cl)cc(Cl)c2Cl)cnc1CC(=O)O. The predicted molar refractivity (Wildman–Crippen MR) is 80.5 cm³/mol. The molecule has 0 amide bonds. The first-order valence-electron chi connectivity index (χ1n) is 5.49. The van der Waals surface area contributed by atoms with Crippen LogP contribution in [0.1, 0.15) is 5.69 Å². The zero-order valence-corrected chi connectivity index (χ0v) is 12.3. The molecule has 2 rings (SSSR count). The van der Waals surface area contributed by atoms with E-state index in [-0.39, 0.29) is 12.1 Å². The molecular weight excluding hydrogens is 323 g/mol. The second-order valence-electron chi connectivity index (χ2n) is 4.08. The van der Waals surface area contributed by atoms with E-state index in [4.69, 9.17) is 45.6 Å². The number of nitrogens with two attached hydrogens (primary N) is 1. The number of carboxylic acids is 1. The fourth-order valence-corrected chi connectivity index (χ4v) is 2.43. The van der Waals surface area contributed by atoms with Gasteiger partial charge in [0.1, 0.15) is 0 Å². The Morgan fingerprint density at radius 2 is 1.95 bits per heavy atom. The minimum absolute atomic E-state index is 0.240. The fraction of sp³-hybridized carbons (Fsp3) is 0.0769. The molecule has 0 saturated heterocycles. The van der Waals surface area contributed by atoms with E-state index in [1.54, 1.807) is 12.1 Å². The maximum atomic E-state index is 10.7. The highest BCUT2D eigenvalue weighted by Crippen LogP contribution is 2.36. The van der Waals surface area contributed by atoms with E-state index >= 15 is 0 Å². The first-order valence-corrected chi connectivity index (χ1v) is 6.63. The number of rotatable bonds is 3. The first kappa shape index (κ1) is 14.9. The van der Waals surface area contributed by atoms with Crippen molar-refractivity contribution in [3.63, 3.8) is 0 Å². The van der Waals surface area contributed by atoms with Crippen LogP contribution in [0.4, 0.5) is 5.69 Å². The Morgan fingerprint density at radius 3 is 2.55 bits per heavy atom. The zero-order valence-electron chi connectivity index (χ0n) is 10.0. The number of pyridine rings is 1. The highest BCUT2D eigenvalue weighted by atomic mass is 35.5. The summed E-state index contributed by atoms with van der Waals surface area (Å²) in [6.45, 7) is 0. The normalized spacial score (nSPS) is 10.6. The van der Waals surface area contributed by atoms with Crippen molar-refractivity contribution in [2.45, 2.75) is 6.42 Å². The molecule has 0 atom stereocenters. The van der Waals surface area contributed by atoms with Crippen LogP contribution in [-0.2, 0) is 11.2 Å². The molecule has 104 valence electrons. The number of hydrogen-bond donors (Lipinski definition) is 2. The van der Waals surface area contributed by atoms with Gasteiger partial charge in [-0.1, -0.05) is 34.8 Å². The summed E-state index contributed by atoms with van der Waals surface area (Å²) in [5, 5.41) is 9.83. The molecule has 3 N–H and O–H groups in total. The summed E-state index contributed by atoms with van der Waals surface area (Å²) in [6, 6.07) is 4.77. The van der Waals surface area contributed by atoms with Gasteiger partial charge < -0.3 is 10.8 Å². The van der Waals surface area contributed by atoms with E-state index in [2.05, 4.69) is 4.98 Å². The Kier molecular flexibility index (Phi) is 4.38. The highest BCUT2D eigenvalue weighted by Gasteiger charge is 2.12. The van der Waals surface area contributed by atoms with Crippen LogP contribution in [0.15, 0.2) is 24.4 Å². The third-order valence-electron chi connectivity index (χ3n) is 2.63. The minimum Gasteiger partial charge on any atom is -0.481 e. The first-order chi connectivity index (χ1) is 9.38. The Balaban J connectivity index is 2.49. The lowest BCUT2D eigenvalue weighted by Gasteiger charge is -2.09. The molecule has 0 unspecified atom stereocenters. The molecule has 0 bridgehead atoms. The van der Waals surface area contributed by atoms with E-state index in [0.717, 1.165) is 0 Å². The monoisotopic (exact) mass is 330 g/mol. The number of aliphatic carboxylic acids is 1. The number of nitrogen functional groups attached to an aromatic ring is 1. The van der Waals surface area contributed by atoms with Gasteiger partial charge in [-0.15, -0.1) is 0 Å². The van der Waals surface area contributed by atoms with Crippen LogP contribution >= 0.6 is 34.8 Å². The van der Waals surface area contributed by atoms with Gasteiger partial charge in [0.15, 0.2) is 0 Å². The summed E-state index contributed by atoms with van der Waals surface area (Å²) in [4.78, 5) is 14.7. The molecule has 7 heteroatoms. The minimum atomic E-state index is -0.999. The quantitative estimate of drug-likeness (QED) is 0.836. The molecule has 0 radical (unpaired) electrons. The van der Waals surface area contributed by atoms with Gasteiger partial charge in [-0.3, -0.25) is 9.78 Å². The molecular formula is C13H9Cl3N2O2. The molecule has 0 aliphatic heterocycles. The average molecular weight is 332 g/mol. The summed E-state index contributed by atoms with van der Waals surface area (Å²) < 4.78 is 0. The van der Waals surface area contributed by atoms with Crippen LogP contribution in [0.2, 0.25) is 15.1 Å². The second kappa shape index (κ2) is 5.87. The lowest BCUT2D eigenvalue weighted by molar-refractivity contribution is -0.136. The maximum Gasteiger partial charge on any atom is 0.309 e. The molecule has 1 heterocycles. The van der Waals surface area contributed by atoms with Gasteiger partial charge in [0, 0.05) is 22.3 Å².